The van der Waals surface area contributed by atoms with E-state index >= 15 is 0 Å². The first-order valence-corrected chi connectivity index (χ1v) is 24.6. The number of aliphatic hydroxyl groups is 3. The molecule has 69 heavy (non-hydrogen) atoms. The van der Waals surface area contributed by atoms with Crippen LogP contribution in [0, 0.1) is 29.6 Å². The molecule has 1 aromatic rings. The molecule has 0 radical (unpaired) electrons. The summed E-state index contributed by atoms with van der Waals surface area (Å²) < 4.78 is 76.2. The number of amides is 1. The predicted molar refractivity (Wildman–Crippen MR) is 248 cm³/mol. The molecule has 3 aliphatic heterocycles. The molecule has 0 aromatic heterocycles. The molecule has 0 spiro atoms. The second-order valence-electron chi connectivity index (χ2n) is 20.1. The number of rotatable bonds is 10. The molecule has 3 N–H and O–H groups in total. The van der Waals surface area contributed by atoms with E-state index < -0.39 is 108 Å². The quantitative estimate of drug-likeness (QED) is 0.121. The van der Waals surface area contributed by atoms with Crippen LogP contribution >= 0.6 is 0 Å². The average Bonchev–Trinajstić information content (AvgIpc) is 3.32. The summed E-state index contributed by atoms with van der Waals surface area (Å²) in [7, 11) is 4.54. The number of methoxy groups -OCH3 is 3. The van der Waals surface area contributed by atoms with Gasteiger partial charge in [0.1, 0.15) is 30.1 Å². The van der Waals surface area contributed by atoms with E-state index in [2.05, 4.69) is 0 Å². The summed E-state index contributed by atoms with van der Waals surface area (Å²) in [5, 5.41) is 34.7. The van der Waals surface area contributed by atoms with Crippen molar-refractivity contribution < 1.29 is 76.1 Å². The van der Waals surface area contributed by atoms with Crippen LogP contribution in [0.5, 0.6) is 0 Å². The Morgan fingerprint density at radius 3 is 2.28 bits per heavy atom. The zero-order valence-corrected chi connectivity index (χ0v) is 41.7. The Bertz CT molecular complexity index is 1980. The number of ketones is 2. The zero-order chi connectivity index (χ0) is 51.0. The minimum Gasteiger partial charge on any atom is -0.456 e. The molecule has 1 amide bonds. The van der Waals surface area contributed by atoms with Crippen LogP contribution in [0.1, 0.15) is 129 Å². The molecular weight excluding hydrogens is 904 g/mol. The fourth-order valence-corrected chi connectivity index (χ4v) is 10.8. The summed E-state index contributed by atoms with van der Waals surface area (Å²) >= 11 is 0. The Morgan fingerprint density at radius 2 is 1.62 bits per heavy atom. The molecule has 5 rings (SSSR count). The summed E-state index contributed by atoms with van der Waals surface area (Å²) in [6.45, 7) is 10.7. The van der Waals surface area contributed by atoms with Gasteiger partial charge in [0.2, 0.25) is 5.79 Å². The number of piperidine rings is 1. The Labute approximate surface area is 405 Å². The van der Waals surface area contributed by atoms with Gasteiger partial charge in [-0.15, -0.1) is 0 Å². The van der Waals surface area contributed by atoms with Crippen molar-refractivity contribution in [2.45, 2.75) is 179 Å². The number of hydrogen-bond donors (Lipinski definition) is 3. The van der Waals surface area contributed by atoms with Gasteiger partial charge in [-0.1, -0.05) is 57.6 Å². The van der Waals surface area contributed by atoms with Crippen molar-refractivity contribution in [1.82, 2.24) is 4.90 Å². The number of cyclic esters (lactones) is 1. The summed E-state index contributed by atoms with van der Waals surface area (Å²) in [6.07, 6.45) is -3.34. The lowest BCUT2D eigenvalue weighted by molar-refractivity contribution is -0.302. The highest BCUT2D eigenvalue weighted by atomic mass is 19.4. The fraction of sp³-hybridized carbons (Fsp3) is 0.731. The van der Waals surface area contributed by atoms with Crippen molar-refractivity contribution in [3.05, 3.63) is 58.7 Å². The second-order valence-corrected chi connectivity index (χ2v) is 20.1. The molecule has 2 bridgehead atoms. The molecule has 3 heterocycles. The van der Waals surface area contributed by atoms with Crippen LogP contribution < -0.4 is 0 Å². The summed E-state index contributed by atoms with van der Waals surface area (Å²) in [5.74, 6) is -8.18. The number of carbonyl (C=O) groups excluding carboxylic acids is 4. The standard InChI is InChI=1S/C52H76F3NO13/c1-10-35-21-29(2)20-30(3)22-44(65-8)47-45(66-9)24-32(5)51(63,69-47)48(60)49(61)56-19-12-11-16-38(56)50(62)68-46(33(6)39(57)27-40(35)58)31(4)23-34-17-18-42(43(25-34)64-7)67-28-41(59)36-14-13-15-37(26-36)52(53,54)55/h13-15,21,23,26,30,32-35,38-39,41-47,57,59,63H,10-12,16-20,22,24-25,27-28H2,1-9H3/b29-21+,31-23+/t30-,32+,33+,34-,35+,38-,39-,41+,42+,43+,44?,45-,46+,47+,51+/m0/s1. The van der Waals surface area contributed by atoms with Gasteiger partial charge in [-0.3, -0.25) is 14.4 Å². The van der Waals surface area contributed by atoms with Gasteiger partial charge < -0.3 is 48.6 Å². The number of allylic oxidation sites excluding steroid dienone is 3. The van der Waals surface area contributed by atoms with Crippen LogP contribution in [0.4, 0.5) is 13.2 Å². The lowest BCUT2D eigenvalue weighted by Crippen LogP contribution is -2.64. The van der Waals surface area contributed by atoms with E-state index in [1.165, 1.54) is 33.5 Å². The van der Waals surface area contributed by atoms with E-state index in [0.717, 1.165) is 22.6 Å². The SMILES string of the molecule is CC[C@@H]1/C=C(\C)C[C@H](C)CC(OC)[C@H]2O[C@@](O)(C(=O)C(=O)N3CCCC[C@H]3C(=O)O[C@H](/C(C)=C/[C@@H]3CC[C@@H](OC[C@@H](O)c4cccc(C(F)(F)F)c4)[C@H](OC)C3)[C@H](C)[C@@H](O)CC1=O)[C@H](C)C[C@@H]2OC. The second kappa shape index (κ2) is 24.7. The monoisotopic (exact) mass is 980 g/mol. The number of carbonyl (C=O) groups is 4. The van der Waals surface area contributed by atoms with Crippen LogP contribution in [0.2, 0.25) is 0 Å². The van der Waals surface area contributed by atoms with Gasteiger partial charge in [-0.2, -0.15) is 13.2 Å². The zero-order valence-electron chi connectivity index (χ0n) is 41.7. The van der Waals surface area contributed by atoms with Crippen LogP contribution in [0.3, 0.4) is 0 Å². The smallest absolute Gasteiger partial charge is 0.416 e. The highest BCUT2D eigenvalue weighted by molar-refractivity contribution is 6.39. The molecule has 1 aliphatic carbocycles. The number of nitrogens with zero attached hydrogens (tertiary/aromatic N) is 1. The summed E-state index contributed by atoms with van der Waals surface area (Å²) in [5.41, 5.74) is 0.727. The Hall–Kier alpha value is -3.55. The first-order chi connectivity index (χ1) is 32.6. The number of esters is 1. The highest BCUT2D eigenvalue weighted by Gasteiger charge is 2.56. The molecule has 3 fully saturated rings. The van der Waals surface area contributed by atoms with Crippen LogP contribution in [-0.4, -0.2) is 133 Å². The van der Waals surface area contributed by atoms with E-state index in [-0.39, 0.29) is 55.6 Å². The van der Waals surface area contributed by atoms with Gasteiger partial charge in [-0.05, 0) is 113 Å². The largest absolute Gasteiger partial charge is 0.456 e. The van der Waals surface area contributed by atoms with Gasteiger partial charge in [-0.25, -0.2) is 4.79 Å². The van der Waals surface area contributed by atoms with Crippen molar-refractivity contribution >= 4 is 23.4 Å². The van der Waals surface area contributed by atoms with E-state index in [9.17, 15) is 47.7 Å². The van der Waals surface area contributed by atoms with Crippen LogP contribution in [-0.2, 0) is 53.8 Å². The van der Waals surface area contributed by atoms with E-state index in [1.807, 2.05) is 32.9 Å². The summed E-state index contributed by atoms with van der Waals surface area (Å²) in [6, 6.07) is 3.26. The predicted octanol–water partition coefficient (Wildman–Crippen LogP) is 7.25. The summed E-state index contributed by atoms with van der Waals surface area (Å²) in [4.78, 5) is 58.3. The highest BCUT2D eigenvalue weighted by Crippen LogP contribution is 2.40. The minimum absolute atomic E-state index is 0.00935. The number of fused-ring (bicyclic) bond motifs is 3. The van der Waals surface area contributed by atoms with Crippen molar-refractivity contribution in [3.63, 3.8) is 0 Å². The lowest BCUT2D eigenvalue weighted by Gasteiger charge is -2.47. The molecular formula is C52H76F3NO13. The molecule has 17 heteroatoms. The van der Waals surface area contributed by atoms with Gasteiger partial charge in [0.15, 0.2) is 0 Å². The topological polar surface area (TPSA) is 188 Å². The van der Waals surface area contributed by atoms with Crippen LogP contribution in [0.15, 0.2) is 47.6 Å². The molecule has 388 valence electrons. The van der Waals surface area contributed by atoms with E-state index in [4.69, 9.17) is 28.4 Å². The number of alkyl halides is 3. The maximum absolute atomic E-state index is 14.5. The maximum Gasteiger partial charge on any atom is 0.416 e. The normalized spacial score (nSPS) is 36.7. The number of benzene rings is 1. The number of Topliss-reactive ketones (excluding diaryl/α,β-unsaturated/α-hetero) is 2. The number of hydrogen-bond acceptors (Lipinski definition) is 13. The molecule has 1 unspecified atom stereocenters. The number of ether oxygens (including phenoxy) is 6. The Balaban J connectivity index is 1.43. The Morgan fingerprint density at radius 1 is 0.942 bits per heavy atom. The van der Waals surface area contributed by atoms with Crippen LogP contribution in [0.25, 0.3) is 0 Å². The van der Waals surface area contributed by atoms with Gasteiger partial charge in [0.25, 0.3) is 11.7 Å². The van der Waals surface area contributed by atoms with Crippen molar-refractivity contribution in [2.24, 2.45) is 29.6 Å². The molecule has 14 nitrogen and oxygen atoms in total. The van der Waals surface area contributed by atoms with Gasteiger partial charge in [0, 0.05) is 52.0 Å². The van der Waals surface area contributed by atoms with Gasteiger partial charge >= 0.3 is 12.1 Å². The number of halogens is 3. The minimum atomic E-state index is -4.57. The van der Waals surface area contributed by atoms with Crippen molar-refractivity contribution in [1.29, 1.82) is 0 Å². The molecule has 4 aliphatic rings. The van der Waals surface area contributed by atoms with E-state index in [1.54, 1.807) is 20.8 Å². The molecule has 15 atom stereocenters. The van der Waals surface area contributed by atoms with E-state index in [0.29, 0.717) is 56.9 Å². The maximum atomic E-state index is 14.5. The first-order valence-electron chi connectivity index (χ1n) is 24.6. The van der Waals surface area contributed by atoms with Crippen molar-refractivity contribution in [3.8, 4) is 0 Å². The average molecular weight is 980 g/mol. The first kappa shape index (κ1) is 56.4. The lowest BCUT2D eigenvalue weighted by atomic mass is 9.81. The third-order valence-corrected chi connectivity index (χ3v) is 14.9. The third kappa shape index (κ3) is 13.9. The molecule has 1 saturated carbocycles. The number of aliphatic hydroxyl groups excluding tert-OH is 2. The fourth-order valence-electron chi connectivity index (χ4n) is 10.8. The Kier molecular flexibility index (Phi) is 20.2. The van der Waals surface area contributed by atoms with Gasteiger partial charge in [0.05, 0.1) is 42.7 Å². The molecule has 2 saturated heterocycles. The van der Waals surface area contributed by atoms with Crippen molar-refractivity contribution in [2.75, 3.05) is 34.5 Å². The third-order valence-electron chi connectivity index (χ3n) is 14.9. The molecule has 1 aromatic carbocycles.